The molecule has 5 heteroatoms. The number of rotatable bonds is 5. The lowest BCUT2D eigenvalue weighted by Gasteiger charge is -2.52. The Morgan fingerprint density at radius 2 is 1.59 bits per heavy atom. The zero-order chi connectivity index (χ0) is 18.9. The Hall–Kier alpha value is -2.08. The van der Waals surface area contributed by atoms with E-state index < -0.39 is 5.60 Å². The molecule has 2 aliphatic rings. The van der Waals surface area contributed by atoms with Gasteiger partial charge < -0.3 is 19.3 Å². The van der Waals surface area contributed by atoms with E-state index in [0.717, 1.165) is 12.1 Å². The number of benzene rings is 2. The van der Waals surface area contributed by atoms with Crippen LogP contribution >= 0.6 is 0 Å². The normalized spacial score (nSPS) is 28.0. The monoisotopic (exact) mass is 369 g/mol. The van der Waals surface area contributed by atoms with Crippen molar-refractivity contribution in [2.24, 2.45) is 0 Å². The largest absolute Gasteiger partial charge is 0.497 e. The molecule has 27 heavy (non-hydrogen) atoms. The van der Waals surface area contributed by atoms with Crippen molar-refractivity contribution < 1.29 is 19.3 Å². The van der Waals surface area contributed by atoms with Crippen LogP contribution in [0.5, 0.6) is 11.5 Å². The van der Waals surface area contributed by atoms with Crippen molar-refractivity contribution in [3.63, 3.8) is 0 Å². The summed E-state index contributed by atoms with van der Waals surface area (Å²) in [5.74, 6) is 1.40. The van der Waals surface area contributed by atoms with Crippen LogP contribution in [0.15, 0.2) is 48.5 Å². The molecule has 2 atom stereocenters. The van der Waals surface area contributed by atoms with Crippen molar-refractivity contribution in [1.29, 1.82) is 0 Å². The van der Waals surface area contributed by atoms with Crippen LogP contribution < -0.4 is 9.47 Å². The van der Waals surface area contributed by atoms with Gasteiger partial charge in [-0.15, -0.1) is 0 Å². The summed E-state index contributed by atoms with van der Waals surface area (Å²) < 4.78 is 16.6. The van der Waals surface area contributed by atoms with Crippen LogP contribution in [0.1, 0.15) is 24.0 Å². The van der Waals surface area contributed by atoms with Gasteiger partial charge in [-0.3, -0.25) is 4.90 Å². The Morgan fingerprint density at radius 1 is 1.00 bits per heavy atom. The highest BCUT2D eigenvalue weighted by Gasteiger charge is 2.47. The quantitative estimate of drug-likeness (QED) is 0.878. The van der Waals surface area contributed by atoms with Crippen molar-refractivity contribution >= 4 is 0 Å². The van der Waals surface area contributed by atoms with Crippen LogP contribution in [-0.4, -0.2) is 49.5 Å². The molecular weight excluding hydrogens is 342 g/mol. The van der Waals surface area contributed by atoms with Gasteiger partial charge in [0, 0.05) is 24.7 Å². The number of hydrogen-bond acceptors (Lipinski definition) is 5. The minimum atomic E-state index is -0.909. The number of morpholine rings is 1. The molecule has 4 rings (SSSR count). The Morgan fingerprint density at radius 3 is 2.15 bits per heavy atom. The number of fused-ring (bicyclic) bond motifs is 2. The molecule has 0 aromatic heterocycles. The second-order valence-corrected chi connectivity index (χ2v) is 7.54. The van der Waals surface area contributed by atoms with Crippen molar-refractivity contribution in [3.05, 3.63) is 59.7 Å². The third-order valence-electron chi connectivity index (χ3n) is 5.80. The first kappa shape index (κ1) is 18.3. The first-order valence-corrected chi connectivity index (χ1v) is 9.44. The van der Waals surface area contributed by atoms with Crippen LogP contribution in [0, 0.1) is 0 Å². The van der Waals surface area contributed by atoms with E-state index in [1.807, 2.05) is 24.3 Å². The van der Waals surface area contributed by atoms with Crippen LogP contribution in [0.3, 0.4) is 0 Å². The van der Waals surface area contributed by atoms with Gasteiger partial charge in [-0.1, -0.05) is 30.3 Å². The van der Waals surface area contributed by atoms with Gasteiger partial charge in [-0.05, 0) is 36.1 Å². The molecule has 0 aliphatic carbocycles. The van der Waals surface area contributed by atoms with Gasteiger partial charge in [0.05, 0.1) is 33.0 Å². The third kappa shape index (κ3) is 3.68. The average Bonchev–Trinajstić information content (AvgIpc) is 2.69. The number of aliphatic hydroxyl groups is 1. The summed E-state index contributed by atoms with van der Waals surface area (Å²) in [6, 6.07) is 16.5. The second-order valence-electron chi connectivity index (χ2n) is 7.54. The predicted octanol–water partition coefficient (Wildman–Crippen LogP) is 2.95. The Labute approximate surface area is 160 Å². The summed E-state index contributed by atoms with van der Waals surface area (Å²) in [5, 5.41) is 11.6. The maximum absolute atomic E-state index is 11.6. The third-order valence-corrected chi connectivity index (χ3v) is 5.80. The number of piperidine rings is 1. The van der Waals surface area contributed by atoms with Gasteiger partial charge in [0.15, 0.2) is 0 Å². The molecule has 2 saturated heterocycles. The highest BCUT2D eigenvalue weighted by molar-refractivity contribution is 5.41. The zero-order valence-electron chi connectivity index (χ0n) is 15.9. The molecule has 2 bridgehead atoms. The minimum Gasteiger partial charge on any atom is -0.497 e. The summed E-state index contributed by atoms with van der Waals surface area (Å²) in [4.78, 5) is 2.49. The minimum absolute atomic E-state index is 0.180. The molecule has 1 N–H and O–H groups in total. The molecule has 0 amide bonds. The molecule has 0 spiro atoms. The number of nitrogens with zero attached hydrogens (tertiary/aromatic N) is 1. The van der Waals surface area contributed by atoms with E-state index in [2.05, 4.69) is 29.2 Å². The lowest BCUT2D eigenvalue weighted by molar-refractivity contribution is -0.149. The molecule has 2 aliphatic heterocycles. The number of hydrogen-bond donors (Lipinski definition) is 1. The summed E-state index contributed by atoms with van der Waals surface area (Å²) in [7, 11) is 3.27. The van der Waals surface area contributed by atoms with Crippen LogP contribution in [-0.2, 0) is 16.9 Å². The van der Waals surface area contributed by atoms with Crippen molar-refractivity contribution in [2.45, 2.75) is 37.1 Å². The van der Waals surface area contributed by atoms with E-state index in [-0.39, 0.29) is 12.1 Å². The van der Waals surface area contributed by atoms with Crippen LogP contribution in [0.4, 0.5) is 0 Å². The summed E-state index contributed by atoms with van der Waals surface area (Å²) >= 11 is 0. The lowest BCUT2D eigenvalue weighted by Crippen LogP contribution is -2.60. The Balaban J connectivity index is 1.60. The smallest absolute Gasteiger partial charge is 0.122 e. The second kappa shape index (κ2) is 7.50. The molecule has 0 radical (unpaired) electrons. The summed E-state index contributed by atoms with van der Waals surface area (Å²) in [6.07, 6.45) is 1.26. The van der Waals surface area contributed by atoms with Crippen molar-refractivity contribution in [1.82, 2.24) is 4.90 Å². The van der Waals surface area contributed by atoms with Crippen molar-refractivity contribution in [3.8, 4) is 11.5 Å². The van der Waals surface area contributed by atoms with Gasteiger partial charge in [0.1, 0.15) is 11.5 Å². The van der Waals surface area contributed by atoms with E-state index in [4.69, 9.17) is 14.2 Å². The topological polar surface area (TPSA) is 51.2 Å². The van der Waals surface area contributed by atoms with Gasteiger partial charge in [-0.25, -0.2) is 0 Å². The SMILES string of the molecule is COc1cc(OC)cc(C2(O)CC3COCC(C2)N3Cc2ccccc2)c1. The molecule has 0 saturated carbocycles. The standard InChI is InChI=1S/C22H27NO4/c1-25-20-8-17(9-21(10-20)26-2)22(24)11-18-14-27-15-19(12-22)23(18)13-16-6-4-3-5-7-16/h3-10,18-19,24H,11-15H2,1-2H3. The highest BCUT2D eigenvalue weighted by Crippen LogP contribution is 2.43. The Kier molecular flexibility index (Phi) is 5.08. The maximum Gasteiger partial charge on any atom is 0.122 e. The zero-order valence-corrected chi connectivity index (χ0v) is 15.9. The summed E-state index contributed by atoms with van der Waals surface area (Å²) in [6.45, 7) is 2.18. The lowest BCUT2D eigenvalue weighted by atomic mass is 9.76. The van der Waals surface area contributed by atoms with E-state index >= 15 is 0 Å². The van der Waals surface area contributed by atoms with Crippen LogP contribution in [0.25, 0.3) is 0 Å². The summed E-state index contributed by atoms with van der Waals surface area (Å²) in [5.41, 5.74) is 1.24. The van der Waals surface area contributed by atoms with Crippen LogP contribution in [0.2, 0.25) is 0 Å². The molecule has 144 valence electrons. The Bertz CT molecular complexity index is 743. The molecular formula is C22H27NO4. The fourth-order valence-corrected chi connectivity index (χ4v) is 4.41. The van der Waals surface area contributed by atoms with Gasteiger partial charge in [0.25, 0.3) is 0 Å². The molecule has 5 nitrogen and oxygen atoms in total. The van der Waals surface area contributed by atoms with Crippen molar-refractivity contribution in [2.75, 3.05) is 27.4 Å². The average molecular weight is 369 g/mol. The molecule has 2 aromatic rings. The molecule has 2 heterocycles. The molecule has 2 aromatic carbocycles. The first-order chi connectivity index (χ1) is 13.1. The molecule has 2 fully saturated rings. The van der Waals surface area contributed by atoms with Gasteiger partial charge in [-0.2, -0.15) is 0 Å². The van der Waals surface area contributed by atoms with Gasteiger partial charge in [0.2, 0.25) is 0 Å². The van der Waals surface area contributed by atoms with E-state index in [9.17, 15) is 5.11 Å². The predicted molar refractivity (Wildman–Crippen MR) is 103 cm³/mol. The van der Waals surface area contributed by atoms with E-state index in [1.54, 1.807) is 14.2 Å². The molecule has 2 unspecified atom stereocenters. The fraction of sp³-hybridized carbons (Fsp3) is 0.455. The highest BCUT2D eigenvalue weighted by atomic mass is 16.5. The first-order valence-electron chi connectivity index (χ1n) is 9.44. The number of methoxy groups -OCH3 is 2. The fourth-order valence-electron chi connectivity index (χ4n) is 4.41. The maximum atomic E-state index is 11.6. The van der Waals surface area contributed by atoms with E-state index in [0.29, 0.717) is 37.6 Å². The van der Waals surface area contributed by atoms with Gasteiger partial charge >= 0.3 is 0 Å². The number of ether oxygens (including phenoxy) is 3. The van der Waals surface area contributed by atoms with E-state index in [1.165, 1.54) is 5.56 Å².